The first-order valence-corrected chi connectivity index (χ1v) is 5.63. The summed E-state index contributed by atoms with van der Waals surface area (Å²) < 4.78 is 25.9. The van der Waals surface area contributed by atoms with Crippen LogP contribution < -0.4 is 0 Å². The molecule has 0 aromatic heterocycles. The quantitative estimate of drug-likeness (QED) is 0.753. The van der Waals surface area contributed by atoms with Crippen molar-refractivity contribution in [1.29, 1.82) is 0 Å². The lowest BCUT2D eigenvalue weighted by atomic mass is 10.1. The van der Waals surface area contributed by atoms with Gasteiger partial charge in [0.2, 0.25) is 0 Å². The van der Waals surface area contributed by atoms with Crippen LogP contribution in [0.25, 0.3) is 0 Å². The third kappa shape index (κ3) is 3.56. The van der Waals surface area contributed by atoms with Gasteiger partial charge in [-0.05, 0) is 24.1 Å². The lowest BCUT2D eigenvalue weighted by Gasteiger charge is -2.22. The van der Waals surface area contributed by atoms with Crippen molar-refractivity contribution in [3.05, 3.63) is 35.4 Å². The molecule has 96 valence electrons. The van der Waals surface area contributed by atoms with Crippen molar-refractivity contribution in [3.63, 3.8) is 0 Å². The van der Waals surface area contributed by atoms with E-state index >= 15 is 0 Å². The van der Waals surface area contributed by atoms with E-state index in [-0.39, 0.29) is 23.9 Å². The summed E-state index contributed by atoms with van der Waals surface area (Å²) in [6.45, 7) is 4.52. The molecular weight excluding hydrogens is 236 g/mol. The summed E-state index contributed by atoms with van der Waals surface area (Å²) in [6, 6.07) is 3.08. The molecule has 1 rings (SSSR count). The van der Waals surface area contributed by atoms with Gasteiger partial charge in [-0.3, -0.25) is 4.79 Å². The lowest BCUT2D eigenvalue weighted by molar-refractivity contribution is 0.0758. The Morgan fingerprint density at radius 3 is 2.56 bits per heavy atom. The molecule has 0 aliphatic heterocycles. The Labute approximate surface area is 106 Å². The lowest BCUT2D eigenvalue weighted by Crippen LogP contribution is -2.34. The summed E-state index contributed by atoms with van der Waals surface area (Å²) >= 11 is 0. The molecule has 18 heavy (non-hydrogen) atoms. The molecule has 4 heteroatoms. The zero-order chi connectivity index (χ0) is 13.7. The first kappa shape index (κ1) is 14.2. The van der Waals surface area contributed by atoms with Crippen LogP contribution in [0.1, 0.15) is 24.2 Å². The van der Waals surface area contributed by atoms with E-state index in [1.165, 1.54) is 11.0 Å². The Kier molecular flexibility index (Phi) is 4.85. The highest BCUT2D eigenvalue weighted by Gasteiger charge is 2.17. The maximum absolute atomic E-state index is 13.1. The number of terminal acetylenes is 1. The third-order valence-electron chi connectivity index (χ3n) is 2.32. The highest BCUT2D eigenvalue weighted by atomic mass is 19.2. The smallest absolute Gasteiger partial charge is 0.254 e. The minimum absolute atomic E-state index is 0.102. The zero-order valence-electron chi connectivity index (χ0n) is 10.4. The molecule has 0 N–H and O–H groups in total. The maximum atomic E-state index is 13.1. The molecule has 0 saturated carbocycles. The number of hydrogen-bond acceptors (Lipinski definition) is 1. The molecule has 1 aromatic carbocycles. The average Bonchev–Trinajstić information content (AvgIpc) is 2.31. The summed E-state index contributed by atoms with van der Waals surface area (Å²) in [5.41, 5.74) is 0.102. The van der Waals surface area contributed by atoms with E-state index in [1.807, 2.05) is 13.8 Å². The highest BCUT2D eigenvalue weighted by Crippen LogP contribution is 2.12. The fourth-order valence-corrected chi connectivity index (χ4v) is 1.58. The molecule has 0 aliphatic carbocycles. The molecule has 1 amide bonds. The van der Waals surface area contributed by atoms with Gasteiger partial charge in [-0.2, -0.15) is 0 Å². The van der Waals surface area contributed by atoms with Gasteiger partial charge in [0.25, 0.3) is 5.91 Å². The number of rotatable bonds is 4. The molecule has 0 atom stereocenters. The molecule has 0 radical (unpaired) electrons. The van der Waals surface area contributed by atoms with E-state index in [4.69, 9.17) is 6.42 Å². The van der Waals surface area contributed by atoms with E-state index in [0.717, 1.165) is 12.1 Å². The molecule has 0 heterocycles. The summed E-state index contributed by atoms with van der Waals surface area (Å²) in [7, 11) is 0. The van der Waals surface area contributed by atoms with Crippen LogP contribution in [0.3, 0.4) is 0 Å². The van der Waals surface area contributed by atoms with Gasteiger partial charge in [0, 0.05) is 12.1 Å². The van der Waals surface area contributed by atoms with Crippen LogP contribution in [0, 0.1) is 29.9 Å². The Morgan fingerprint density at radius 2 is 2.06 bits per heavy atom. The molecule has 0 spiro atoms. The summed E-state index contributed by atoms with van der Waals surface area (Å²) in [6.07, 6.45) is 5.20. The fourth-order valence-electron chi connectivity index (χ4n) is 1.58. The van der Waals surface area contributed by atoms with Crippen molar-refractivity contribution in [3.8, 4) is 12.3 Å². The average molecular weight is 251 g/mol. The molecule has 0 fully saturated rings. The number of hydrogen-bond donors (Lipinski definition) is 0. The predicted molar refractivity (Wildman–Crippen MR) is 65.9 cm³/mol. The molecule has 0 aliphatic rings. The van der Waals surface area contributed by atoms with Gasteiger partial charge in [0.15, 0.2) is 11.6 Å². The second-order valence-corrected chi connectivity index (χ2v) is 4.41. The van der Waals surface area contributed by atoms with Gasteiger partial charge in [-0.1, -0.05) is 19.8 Å². The van der Waals surface area contributed by atoms with E-state index in [9.17, 15) is 13.6 Å². The number of carbonyl (C=O) groups is 1. The monoisotopic (exact) mass is 251 g/mol. The number of amides is 1. The Bertz CT molecular complexity index is 477. The minimum Gasteiger partial charge on any atom is -0.327 e. The minimum atomic E-state index is -1.04. The van der Waals surface area contributed by atoms with Crippen LogP contribution in [-0.2, 0) is 0 Å². The van der Waals surface area contributed by atoms with E-state index in [1.54, 1.807) is 0 Å². The number of benzene rings is 1. The van der Waals surface area contributed by atoms with Gasteiger partial charge in [-0.25, -0.2) is 8.78 Å². The number of nitrogens with zero attached hydrogens (tertiary/aromatic N) is 1. The van der Waals surface area contributed by atoms with E-state index in [0.29, 0.717) is 6.54 Å². The van der Waals surface area contributed by atoms with Crippen molar-refractivity contribution >= 4 is 5.91 Å². The zero-order valence-corrected chi connectivity index (χ0v) is 10.4. The largest absolute Gasteiger partial charge is 0.327 e. The SMILES string of the molecule is C#CCN(CC(C)C)C(=O)c1ccc(F)c(F)c1. The number of carbonyl (C=O) groups excluding carboxylic acids is 1. The van der Waals surface area contributed by atoms with Gasteiger partial charge in [-0.15, -0.1) is 6.42 Å². The second kappa shape index (κ2) is 6.15. The van der Waals surface area contributed by atoms with Gasteiger partial charge < -0.3 is 4.90 Å². The Hall–Kier alpha value is -1.89. The van der Waals surface area contributed by atoms with Crippen LogP contribution >= 0.6 is 0 Å². The van der Waals surface area contributed by atoms with Crippen molar-refractivity contribution in [2.45, 2.75) is 13.8 Å². The van der Waals surface area contributed by atoms with E-state index in [2.05, 4.69) is 5.92 Å². The van der Waals surface area contributed by atoms with Crippen molar-refractivity contribution < 1.29 is 13.6 Å². The first-order chi connectivity index (χ1) is 8.45. The van der Waals surface area contributed by atoms with Gasteiger partial charge in [0.1, 0.15) is 0 Å². The summed E-state index contributed by atoms with van der Waals surface area (Å²) in [5, 5.41) is 0. The molecule has 0 bridgehead atoms. The Balaban J connectivity index is 2.95. The van der Waals surface area contributed by atoms with Crippen molar-refractivity contribution in [1.82, 2.24) is 4.90 Å². The molecule has 0 unspecified atom stereocenters. The number of halogens is 2. The molecule has 0 saturated heterocycles. The van der Waals surface area contributed by atoms with E-state index < -0.39 is 11.6 Å². The van der Waals surface area contributed by atoms with Gasteiger partial charge in [0.05, 0.1) is 6.54 Å². The van der Waals surface area contributed by atoms with Crippen LogP contribution in [0.5, 0.6) is 0 Å². The summed E-state index contributed by atoms with van der Waals surface area (Å²) in [4.78, 5) is 13.5. The van der Waals surface area contributed by atoms with Crippen LogP contribution in [0.4, 0.5) is 8.78 Å². The first-order valence-electron chi connectivity index (χ1n) is 5.63. The molecule has 1 aromatic rings. The van der Waals surface area contributed by atoms with Crippen LogP contribution in [0.15, 0.2) is 18.2 Å². The maximum Gasteiger partial charge on any atom is 0.254 e. The summed E-state index contributed by atoms with van der Waals surface area (Å²) in [5.74, 6) is 0.233. The second-order valence-electron chi connectivity index (χ2n) is 4.41. The van der Waals surface area contributed by atoms with Crippen LogP contribution in [0.2, 0.25) is 0 Å². The topological polar surface area (TPSA) is 20.3 Å². The van der Waals surface area contributed by atoms with Crippen molar-refractivity contribution in [2.75, 3.05) is 13.1 Å². The van der Waals surface area contributed by atoms with Crippen LogP contribution in [-0.4, -0.2) is 23.9 Å². The molecular formula is C14H15F2NO. The fraction of sp³-hybridized carbons (Fsp3) is 0.357. The predicted octanol–water partition coefficient (Wildman–Crippen LogP) is 2.70. The molecule has 2 nitrogen and oxygen atoms in total. The standard InChI is InChI=1S/C14H15F2NO/c1-4-7-17(9-10(2)3)14(18)11-5-6-12(15)13(16)8-11/h1,5-6,8,10H,7,9H2,2-3H3. The third-order valence-corrected chi connectivity index (χ3v) is 2.32. The Morgan fingerprint density at radius 1 is 1.39 bits per heavy atom. The normalized spacial score (nSPS) is 10.2. The van der Waals surface area contributed by atoms with Gasteiger partial charge >= 0.3 is 0 Å². The highest BCUT2D eigenvalue weighted by molar-refractivity contribution is 5.94. The van der Waals surface area contributed by atoms with Crippen molar-refractivity contribution in [2.24, 2.45) is 5.92 Å².